The van der Waals surface area contributed by atoms with E-state index in [4.69, 9.17) is 14.2 Å². The second-order valence-electron chi connectivity index (χ2n) is 3.46. The Labute approximate surface area is 87.7 Å². The lowest BCUT2D eigenvalue weighted by molar-refractivity contribution is -0.263. The predicted molar refractivity (Wildman–Crippen MR) is 48.9 cm³/mol. The lowest BCUT2D eigenvalue weighted by atomic mass is 10.0. The van der Waals surface area contributed by atoms with Crippen molar-refractivity contribution in [3.8, 4) is 0 Å². The van der Waals surface area contributed by atoms with Crippen LogP contribution in [0.15, 0.2) is 0 Å². The average Bonchev–Trinajstić information content (AvgIpc) is 2.19. The van der Waals surface area contributed by atoms with Gasteiger partial charge < -0.3 is 24.4 Å². The third-order valence-electron chi connectivity index (χ3n) is 2.21. The number of rotatable bonds is 3. The zero-order valence-corrected chi connectivity index (χ0v) is 8.75. The summed E-state index contributed by atoms with van der Waals surface area (Å²) in [5.74, 6) is -0.409. The second-order valence-corrected chi connectivity index (χ2v) is 3.46. The fraction of sp³-hybridized carbons (Fsp3) is 0.889. The first kappa shape index (κ1) is 12.4. The minimum absolute atomic E-state index is 0.0545. The molecule has 0 aliphatic carbocycles. The number of hydrogen-bond donors (Lipinski definition) is 2. The zero-order chi connectivity index (χ0) is 11.4. The molecular weight excluding hydrogens is 204 g/mol. The van der Waals surface area contributed by atoms with E-state index in [-0.39, 0.29) is 13.0 Å². The quantitative estimate of drug-likeness (QED) is 0.595. The Morgan fingerprint density at radius 3 is 2.73 bits per heavy atom. The van der Waals surface area contributed by atoms with Crippen molar-refractivity contribution in [1.29, 1.82) is 0 Å². The Kier molecular flexibility index (Phi) is 4.46. The monoisotopic (exact) mass is 220 g/mol. The van der Waals surface area contributed by atoms with Crippen LogP contribution in [0.3, 0.4) is 0 Å². The van der Waals surface area contributed by atoms with Gasteiger partial charge in [0.1, 0.15) is 12.7 Å². The summed E-state index contributed by atoms with van der Waals surface area (Å²) in [7, 11) is 1.37. The van der Waals surface area contributed by atoms with Crippen molar-refractivity contribution < 1.29 is 29.2 Å². The molecule has 6 nitrogen and oxygen atoms in total. The number of esters is 1. The van der Waals surface area contributed by atoms with Crippen molar-refractivity contribution in [3.63, 3.8) is 0 Å². The number of carbonyl (C=O) groups is 1. The highest BCUT2D eigenvalue weighted by Gasteiger charge is 2.37. The molecule has 6 heteroatoms. The largest absolute Gasteiger partial charge is 0.463 e. The van der Waals surface area contributed by atoms with Crippen LogP contribution in [0.2, 0.25) is 0 Å². The molecule has 0 spiro atoms. The number of methoxy groups -OCH3 is 1. The molecule has 0 unspecified atom stereocenters. The molecule has 0 aromatic carbocycles. The van der Waals surface area contributed by atoms with Gasteiger partial charge in [0, 0.05) is 20.5 Å². The number of aliphatic hydroxyl groups is 2. The van der Waals surface area contributed by atoms with E-state index in [1.54, 1.807) is 0 Å². The standard InChI is InChI=1S/C9H16O6/c1-5(10)14-4-6-3-7(11)8(12)9(13-2)15-6/h6-9,11-12H,3-4H2,1-2H3/t6-,7-,8-,9-/m1/s1. The third kappa shape index (κ3) is 3.42. The van der Waals surface area contributed by atoms with Crippen LogP contribution in [0.25, 0.3) is 0 Å². The summed E-state index contributed by atoms with van der Waals surface area (Å²) in [6, 6.07) is 0. The molecular formula is C9H16O6. The van der Waals surface area contributed by atoms with E-state index in [9.17, 15) is 15.0 Å². The SMILES string of the molecule is CO[C@@H]1O[C@@H](COC(C)=O)C[C@@H](O)[C@H]1O. The summed E-state index contributed by atoms with van der Waals surface area (Å²) in [6.45, 7) is 1.35. The summed E-state index contributed by atoms with van der Waals surface area (Å²) in [5, 5.41) is 18.9. The molecule has 0 bridgehead atoms. The topological polar surface area (TPSA) is 85.2 Å². The first-order chi connectivity index (χ1) is 7.04. The lowest BCUT2D eigenvalue weighted by Crippen LogP contribution is -2.50. The number of hydrogen-bond acceptors (Lipinski definition) is 6. The molecule has 2 N–H and O–H groups in total. The second kappa shape index (κ2) is 5.41. The minimum Gasteiger partial charge on any atom is -0.463 e. The van der Waals surface area contributed by atoms with Crippen LogP contribution >= 0.6 is 0 Å². The zero-order valence-electron chi connectivity index (χ0n) is 8.75. The van der Waals surface area contributed by atoms with Crippen LogP contribution in [0.1, 0.15) is 13.3 Å². The van der Waals surface area contributed by atoms with Crippen LogP contribution < -0.4 is 0 Å². The van der Waals surface area contributed by atoms with Gasteiger partial charge in [0.05, 0.1) is 12.2 Å². The van der Waals surface area contributed by atoms with E-state index < -0.39 is 30.6 Å². The fourth-order valence-corrected chi connectivity index (χ4v) is 1.43. The molecule has 1 rings (SSSR count). The molecule has 0 radical (unpaired) electrons. The molecule has 88 valence electrons. The van der Waals surface area contributed by atoms with Gasteiger partial charge in [-0.05, 0) is 0 Å². The maximum absolute atomic E-state index is 10.6. The summed E-state index contributed by atoms with van der Waals surface area (Å²) in [5.41, 5.74) is 0. The molecule has 1 fully saturated rings. The molecule has 4 atom stereocenters. The highest BCUT2D eigenvalue weighted by Crippen LogP contribution is 2.21. The van der Waals surface area contributed by atoms with Crippen LogP contribution in [0.4, 0.5) is 0 Å². The maximum Gasteiger partial charge on any atom is 0.302 e. The predicted octanol–water partition coefficient (Wildman–Crippen LogP) is -0.967. The molecule has 0 aromatic heterocycles. The molecule has 1 heterocycles. The number of aliphatic hydroxyl groups excluding tert-OH is 2. The molecule has 15 heavy (non-hydrogen) atoms. The van der Waals surface area contributed by atoms with Gasteiger partial charge in [-0.1, -0.05) is 0 Å². The van der Waals surface area contributed by atoms with Crippen LogP contribution in [-0.4, -0.2) is 54.5 Å². The Balaban J connectivity index is 2.44. The molecule has 1 aliphatic heterocycles. The molecule has 1 aliphatic rings. The van der Waals surface area contributed by atoms with Crippen molar-refractivity contribution in [3.05, 3.63) is 0 Å². The Hall–Kier alpha value is -0.690. The maximum atomic E-state index is 10.6. The molecule has 0 saturated carbocycles. The first-order valence-corrected chi connectivity index (χ1v) is 4.72. The van der Waals surface area contributed by atoms with E-state index in [0.29, 0.717) is 0 Å². The van der Waals surface area contributed by atoms with Crippen molar-refractivity contribution in [2.24, 2.45) is 0 Å². The Morgan fingerprint density at radius 1 is 1.53 bits per heavy atom. The Bertz CT molecular complexity index is 219. The van der Waals surface area contributed by atoms with Gasteiger partial charge >= 0.3 is 5.97 Å². The number of carbonyl (C=O) groups excluding carboxylic acids is 1. The van der Waals surface area contributed by atoms with Gasteiger partial charge in [-0.3, -0.25) is 4.79 Å². The van der Waals surface area contributed by atoms with E-state index in [1.165, 1.54) is 14.0 Å². The molecule has 0 aromatic rings. The summed E-state index contributed by atoms with van der Waals surface area (Å²) < 4.78 is 14.8. The average molecular weight is 220 g/mol. The van der Waals surface area contributed by atoms with Crippen LogP contribution in [-0.2, 0) is 19.0 Å². The van der Waals surface area contributed by atoms with Crippen molar-refractivity contribution in [2.45, 2.75) is 37.9 Å². The highest BCUT2D eigenvalue weighted by atomic mass is 16.7. The van der Waals surface area contributed by atoms with Crippen molar-refractivity contribution in [2.75, 3.05) is 13.7 Å². The van der Waals surface area contributed by atoms with Gasteiger partial charge in [0.25, 0.3) is 0 Å². The molecule has 1 saturated heterocycles. The molecule has 0 amide bonds. The highest BCUT2D eigenvalue weighted by molar-refractivity contribution is 5.65. The van der Waals surface area contributed by atoms with Gasteiger partial charge in [0.15, 0.2) is 6.29 Å². The summed E-state index contributed by atoms with van der Waals surface area (Å²) in [4.78, 5) is 10.6. The van der Waals surface area contributed by atoms with Gasteiger partial charge in [0.2, 0.25) is 0 Å². The van der Waals surface area contributed by atoms with Gasteiger partial charge in [-0.2, -0.15) is 0 Å². The summed E-state index contributed by atoms with van der Waals surface area (Å²) >= 11 is 0. The van der Waals surface area contributed by atoms with Gasteiger partial charge in [-0.25, -0.2) is 0 Å². The van der Waals surface area contributed by atoms with Crippen molar-refractivity contribution in [1.82, 2.24) is 0 Å². The van der Waals surface area contributed by atoms with E-state index >= 15 is 0 Å². The smallest absolute Gasteiger partial charge is 0.302 e. The third-order valence-corrected chi connectivity index (χ3v) is 2.21. The van der Waals surface area contributed by atoms with Crippen LogP contribution in [0.5, 0.6) is 0 Å². The lowest BCUT2D eigenvalue weighted by Gasteiger charge is -2.35. The minimum atomic E-state index is -1.07. The van der Waals surface area contributed by atoms with Crippen LogP contribution in [0, 0.1) is 0 Å². The normalized spacial score (nSPS) is 36.3. The number of ether oxygens (including phenoxy) is 3. The van der Waals surface area contributed by atoms with E-state index in [1.807, 2.05) is 0 Å². The first-order valence-electron chi connectivity index (χ1n) is 4.72. The van der Waals surface area contributed by atoms with E-state index in [0.717, 1.165) is 0 Å². The Morgan fingerprint density at radius 2 is 2.20 bits per heavy atom. The van der Waals surface area contributed by atoms with Gasteiger partial charge in [-0.15, -0.1) is 0 Å². The van der Waals surface area contributed by atoms with E-state index in [2.05, 4.69) is 0 Å². The summed E-state index contributed by atoms with van der Waals surface area (Å²) in [6.07, 6.45) is -3.10. The fourth-order valence-electron chi connectivity index (χ4n) is 1.43. The van der Waals surface area contributed by atoms with Crippen molar-refractivity contribution >= 4 is 5.97 Å².